The van der Waals surface area contributed by atoms with Crippen molar-refractivity contribution < 1.29 is 13.2 Å². The third kappa shape index (κ3) is 5.63. The Morgan fingerprint density at radius 1 is 1.26 bits per heavy atom. The van der Waals surface area contributed by atoms with Gasteiger partial charge < -0.3 is 11.1 Å². The van der Waals surface area contributed by atoms with Gasteiger partial charge in [-0.15, -0.1) is 0 Å². The van der Waals surface area contributed by atoms with E-state index in [1.54, 1.807) is 0 Å². The normalized spacial score (nSPS) is 12.5. The molecular weight excluding hydrogens is 255 g/mol. The van der Waals surface area contributed by atoms with Crippen molar-refractivity contribution in [3.8, 4) is 0 Å². The van der Waals surface area contributed by atoms with Crippen LogP contribution >= 0.6 is 0 Å². The third-order valence-electron chi connectivity index (χ3n) is 2.55. The average molecular weight is 273 g/mol. The molecule has 0 amide bonds. The van der Waals surface area contributed by atoms with Gasteiger partial charge in [0.1, 0.15) is 0 Å². The first-order chi connectivity index (χ1) is 8.93. The molecule has 1 aromatic carbocycles. The van der Waals surface area contributed by atoms with E-state index in [4.69, 9.17) is 5.73 Å². The van der Waals surface area contributed by atoms with E-state index in [0.717, 1.165) is 31.5 Å². The maximum atomic E-state index is 12.3. The van der Waals surface area contributed by atoms with Crippen LogP contribution in [0.25, 0.3) is 0 Å². The number of nitrogens with two attached hydrogens (primary N) is 1. The van der Waals surface area contributed by atoms with Crippen LogP contribution in [0.15, 0.2) is 29.3 Å². The summed E-state index contributed by atoms with van der Waals surface area (Å²) in [6.07, 6.45) is -2.25. The standard InChI is InChI=1S/C13H18F3N3/c1-2-3-8-18-12(17)19-9-10-4-6-11(7-5-10)13(14,15)16/h4-7H,2-3,8-9H2,1H3,(H3,17,18,19). The van der Waals surface area contributed by atoms with Gasteiger partial charge in [0.25, 0.3) is 0 Å². The molecule has 0 unspecified atom stereocenters. The van der Waals surface area contributed by atoms with Crippen molar-refractivity contribution >= 4 is 5.96 Å². The number of aliphatic imine (C=N–C) groups is 1. The highest BCUT2D eigenvalue weighted by atomic mass is 19.4. The second kappa shape index (κ2) is 7.01. The van der Waals surface area contributed by atoms with E-state index in [2.05, 4.69) is 17.2 Å². The Balaban J connectivity index is 2.52. The average Bonchev–Trinajstić information content (AvgIpc) is 2.36. The smallest absolute Gasteiger partial charge is 0.370 e. The molecule has 0 atom stereocenters. The fourth-order valence-electron chi connectivity index (χ4n) is 1.42. The largest absolute Gasteiger partial charge is 0.416 e. The maximum absolute atomic E-state index is 12.3. The van der Waals surface area contributed by atoms with Gasteiger partial charge in [-0.25, -0.2) is 4.99 Å². The summed E-state index contributed by atoms with van der Waals surface area (Å²) in [4.78, 5) is 4.06. The topological polar surface area (TPSA) is 50.4 Å². The minimum Gasteiger partial charge on any atom is -0.370 e. The van der Waals surface area contributed by atoms with Gasteiger partial charge in [-0.2, -0.15) is 13.2 Å². The molecule has 0 bridgehead atoms. The summed E-state index contributed by atoms with van der Waals surface area (Å²) >= 11 is 0. The minimum absolute atomic E-state index is 0.267. The Morgan fingerprint density at radius 2 is 1.89 bits per heavy atom. The lowest BCUT2D eigenvalue weighted by Crippen LogP contribution is -2.32. The number of rotatable bonds is 5. The van der Waals surface area contributed by atoms with E-state index in [1.165, 1.54) is 12.1 Å². The molecule has 106 valence electrons. The van der Waals surface area contributed by atoms with Crippen LogP contribution in [0.4, 0.5) is 13.2 Å². The number of nitrogens with one attached hydrogen (secondary N) is 1. The van der Waals surface area contributed by atoms with Crippen LogP contribution in [0, 0.1) is 0 Å². The van der Waals surface area contributed by atoms with E-state index in [0.29, 0.717) is 11.5 Å². The maximum Gasteiger partial charge on any atom is 0.416 e. The molecule has 3 N–H and O–H groups in total. The van der Waals surface area contributed by atoms with Crippen LogP contribution in [0.1, 0.15) is 30.9 Å². The Bertz CT molecular complexity index is 410. The Labute approximate surface area is 110 Å². The highest BCUT2D eigenvalue weighted by molar-refractivity contribution is 5.77. The molecule has 0 spiro atoms. The number of guanidine groups is 1. The Morgan fingerprint density at radius 3 is 2.42 bits per heavy atom. The van der Waals surface area contributed by atoms with Gasteiger partial charge in [0.2, 0.25) is 0 Å². The molecular formula is C13H18F3N3. The first-order valence-electron chi connectivity index (χ1n) is 6.13. The minimum atomic E-state index is -4.30. The summed E-state index contributed by atoms with van der Waals surface area (Å²) in [5.41, 5.74) is 5.65. The molecule has 6 heteroatoms. The number of alkyl halides is 3. The number of benzene rings is 1. The fourth-order valence-corrected chi connectivity index (χ4v) is 1.42. The highest BCUT2D eigenvalue weighted by Gasteiger charge is 2.29. The zero-order chi connectivity index (χ0) is 14.3. The second-order valence-corrected chi connectivity index (χ2v) is 4.18. The highest BCUT2D eigenvalue weighted by Crippen LogP contribution is 2.29. The third-order valence-corrected chi connectivity index (χ3v) is 2.55. The van der Waals surface area contributed by atoms with Crippen molar-refractivity contribution in [2.45, 2.75) is 32.5 Å². The number of hydrogen-bond donors (Lipinski definition) is 2. The van der Waals surface area contributed by atoms with Gasteiger partial charge in [0.15, 0.2) is 5.96 Å². The summed E-state index contributed by atoms with van der Waals surface area (Å²) in [5, 5.41) is 2.94. The summed E-state index contributed by atoms with van der Waals surface area (Å²) < 4.78 is 37.0. The van der Waals surface area contributed by atoms with E-state index in [9.17, 15) is 13.2 Å². The second-order valence-electron chi connectivity index (χ2n) is 4.18. The predicted molar refractivity (Wildman–Crippen MR) is 69.7 cm³/mol. The van der Waals surface area contributed by atoms with Crippen LogP contribution in [-0.2, 0) is 12.7 Å². The number of unbranched alkanes of at least 4 members (excludes halogenated alkanes) is 1. The molecule has 0 saturated heterocycles. The zero-order valence-electron chi connectivity index (χ0n) is 10.8. The summed E-state index contributed by atoms with van der Waals surface area (Å²) in [5.74, 6) is 0.313. The molecule has 0 aliphatic heterocycles. The number of halogens is 3. The van der Waals surface area contributed by atoms with Crippen LogP contribution in [0.2, 0.25) is 0 Å². The first kappa shape index (κ1) is 15.3. The van der Waals surface area contributed by atoms with Crippen molar-refractivity contribution in [3.63, 3.8) is 0 Å². The van der Waals surface area contributed by atoms with Crippen molar-refractivity contribution in [1.29, 1.82) is 0 Å². The van der Waals surface area contributed by atoms with Gasteiger partial charge in [-0.1, -0.05) is 25.5 Å². The van der Waals surface area contributed by atoms with E-state index < -0.39 is 11.7 Å². The summed E-state index contributed by atoms with van der Waals surface area (Å²) in [7, 11) is 0. The van der Waals surface area contributed by atoms with Gasteiger partial charge >= 0.3 is 6.18 Å². The lowest BCUT2D eigenvalue weighted by molar-refractivity contribution is -0.137. The van der Waals surface area contributed by atoms with E-state index in [-0.39, 0.29) is 6.54 Å². The molecule has 0 saturated carbocycles. The number of nitrogens with zero attached hydrogens (tertiary/aromatic N) is 1. The van der Waals surface area contributed by atoms with Gasteiger partial charge in [0, 0.05) is 6.54 Å². The molecule has 0 heterocycles. The van der Waals surface area contributed by atoms with E-state index >= 15 is 0 Å². The molecule has 0 radical (unpaired) electrons. The van der Waals surface area contributed by atoms with Crippen molar-refractivity contribution in [2.75, 3.05) is 6.54 Å². The molecule has 1 aromatic rings. The van der Waals surface area contributed by atoms with Crippen LogP contribution < -0.4 is 11.1 Å². The van der Waals surface area contributed by atoms with Crippen LogP contribution in [0.5, 0.6) is 0 Å². The SMILES string of the molecule is CCCCNC(N)=NCc1ccc(C(F)(F)F)cc1. The van der Waals surface area contributed by atoms with Crippen LogP contribution in [-0.4, -0.2) is 12.5 Å². The zero-order valence-corrected chi connectivity index (χ0v) is 10.8. The van der Waals surface area contributed by atoms with Crippen LogP contribution in [0.3, 0.4) is 0 Å². The van der Waals surface area contributed by atoms with Crippen molar-refractivity contribution in [1.82, 2.24) is 5.32 Å². The lowest BCUT2D eigenvalue weighted by Gasteiger charge is -2.07. The number of hydrogen-bond acceptors (Lipinski definition) is 1. The molecule has 3 nitrogen and oxygen atoms in total. The molecule has 1 rings (SSSR count). The molecule has 0 aromatic heterocycles. The lowest BCUT2D eigenvalue weighted by atomic mass is 10.1. The predicted octanol–water partition coefficient (Wildman–Crippen LogP) is 2.91. The van der Waals surface area contributed by atoms with Crippen molar-refractivity contribution in [2.24, 2.45) is 10.7 Å². The fraction of sp³-hybridized carbons (Fsp3) is 0.462. The van der Waals surface area contributed by atoms with Gasteiger partial charge in [-0.05, 0) is 24.1 Å². The monoisotopic (exact) mass is 273 g/mol. The Hall–Kier alpha value is -1.72. The van der Waals surface area contributed by atoms with Gasteiger partial charge in [0.05, 0.1) is 12.1 Å². The van der Waals surface area contributed by atoms with Crippen molar-refractivity contribution in [3.05, 3.63) is 35.4 Å². The summed E-state index contributed by atoms with van der Waals surface area (Å²) in [6, 6.07) is 4.91. The van der Waals surface area contributed by atoms with Gasteiger partial charge in [-0.3, -0.25) is 0 Å². The molecule has 0 aliphatic carbocycles. The Kier molecular flexibility index (Phi) is 5.66. The molecule has 0 aliphatic rings. The first-order valence-corrected chi connectivity index (χ1v) is 6.13. The molecule has 19 heavy (non-hydrogen) atoms. The quantitative estimate of drug-likeness (QED) is 0.492. The molecule has 0 fully saturated rings. The summed E-state index contributed by atoms with van der Waals surface area (Å²) in [6.45, 7) is 3.08. The van der Waals surface area contributed by atoms with E-state index in [1.807, 2.05) is 0 Å².